The molecule has 0 saturated carbocycles. The number of hydrogen-bond donors (Lipinski definition) is 3. The van der Waals surface area contributed by atoms with Gasteiger partial charge in [-0.05, 0) is 69.4 Å². The van der Waals surface area contributed by atoms with Gasteiger partial charge in [0.25, 0.3) is 0 Å². The molecule has 7 nitrogen and oxygen atoms in total. The molecule has 2 aromatic carbocycles. The van der Waals surface area contributed by atoms with Crippen LogP contribution in [-0.4, -0.2) is 72.2 Å². The standard InChI is InChI=1S/C26H30ClN7/c1-33-10-12-34(13-11-33)19-3-5-23-24(15-19)32-26(31-23)21-16-29-22-4-2-17(27)14-20(22)25(21)30-18-6-8-28-9-7-18/h2-5,14-16,18,28H,6-13H2,1H3,(H,29,30)(H,31,32). The molecular weight excluding hydrogens is 446 g/mol. The molecule has 0 bridgehead atoms. The highest BCUT2D eigenvalue weighted by Crippen LogP contribution is 2.36. The summed E-state index contributed by atoms with van der Waals surface area (Å²) < 4.78 is 0. The molecule has 3 N–H and O–H groups in total. The maximum Gasteiger partial charge on any atom is 0.142 e. The van der Waals surface area contributed by atoms with Gasteiger partial charge in [0.1, 0.15) is 5.82 Å². The van der Waals surface area contributed by atoms with E-state index in [9.17, 15) is 0 Å². The molecule has 0 aliphatic carbocycles. The van der Waals surface area contributed by atoms with Crippen LogP contribution in [0.4, 0.5) is 11.4 Å². The number of hydrogen-bond acceptors (Lipinski definition) is 6. The number of likely N-dealkylation sites (N-methyl/N-ethyl adjacent to an activating group) is 1. The highest BCUT2D eigenvalue weighted by Gasteiger charge is 2.20. The van der Waals surface area contributed by atoms with Crippen molar-refractivity contribution >= 4 is 44.9 Å². The maximum absolute atomic E-state index is 6.40. The number of nitrogens with one attached hydrogen (secondary N) is 3. The molecule has 2 aliphatic heterocycles. The Labute approximate surface area is 204 Å². The van der Waals surface area contributed by atoms with Gasteiger partial charge < -0.3 is 25.4 Å². The topological polar surface area (TPSA) is 72.1 Å². The van der Waals surface area contributed by atoms with Crippen molar-refractivity contribution in [2.24, 2.45) is 0 Å². The summed E-state index contributed by atoms with van der Waals surface area (Å²) in [6.45, 7) is 6.31. The Hall–Kier alpha value is -2.87. The Morgan fingerprint density at radius 1 is 1.00 bits per heavy atom. The van der Waals surface area contributed by atoms with E-state index in [1.165, 1.54) is 5.69 Å². The fraction of sp³-hybridized carbons (Fsp3) is 0.385. The van der Waals surface area contributed by atoms with Crippen molar-refractivity contribution in [2.75, 3.05) is 56.5 Å². The number of pyridine rings is 1. The van der Waals surface area contributed by atoms with Crippen LogP contribution in [-0.2, 0) is 0 Å². The molecular formula is C26H30ClN7. The predicted octanol–water partition coefficient (Wildman–Crippen LogP) is 4.35. The van der Waals surface area contributed by atoms with Crippen molar-refractivity contribution < 1.29 is 0 Å². The zero-order valence-corrected chi connectivity index (χ0v) is 20.2. The maximum atomic E-state index is 6.40. The third kappa shape index (κ3) is 4.19. The average molecular weight is 476 g/mol. The fourth-order valence-corrected chi connectivity index (χ4v) is 5.23. The summed E-state index contributed by atoms with van der Waals surface area (Å²) in [5.41, 5.74) is 6.21. The van der Waals surface area contributed by atoms with Crippen LogP contribution < -0.4 is 15.5 Å². The van der Waals surface area contributed by atoms with Crippen LogP contribution >= 0.6 is 11.6 Å². The van der Waals surface area contributed by atoms with Crippen LogP contribution in [0.3, 0.4) is 0 Å². The monoisotopic (exact) mass is 475 g/mol. The van der Waals surface area contributed by atoms with Crippen molar-refractivity contribution in [3.05, 3.63) is 47.6 Å². The Kier molecular flexibility index (Phi) is 5.77. The quantitative estimate of drug-likeness (QED) is 0.407. The first-order valence-electron chi connectivity index (χ1n) is 12.1. The molecule has 2 saturated heterocycles. The molecule has 4 heterocycles. The number of H-pyrrole nitrogens is 1. The third-order valence-corrected chi connectivity index (χ3v) is 7.34. The van der Waals surface area contributed by atoms with Crippen LogP contribution in [0.25, 0.3) is 33.3 Å². The first-order chi connectivity index (χ1) is 16.6. The fourth-order valence-electron chi connectivity index (χ4n) is 5.06. The van der Waals surface area contributed by atoms with Gasteiger partial charge in [-0.25, -0.2) is 4.98 Å². The summed E-state index contributed by atoms with van der Waals surface area (Å²) in [5, 5.41) is 9.00. The second-order valence-corrected chi connectivity index (χ2v) is 9.89. The van der Waals surface area contributed by atoms with Gasteiger partial charge in [0.15, 0.2) is 0 Å². The number of nitrogens with zero attached hydrogens (tertiary/aromatic N) is 4. The molecule has 0 amide bonds. The Morgan fingerprint density at radius 3 is 2.62 bits per heavy atom. The van der Waals surface area contributed by atoms with E-state index in [2.05, 4.69) is 50.7 Å². The number of aromatic nitrogens is 3. The van der Waals surface area contributed by atoms with E-state index in [4.69, 9.17) is 21.6 Å². The van der Waals surface area contributed by atoms with Gasteiger partial charge in [0.2, 0.25) is 0 Å². The molecule has 2 aromatic heterocycles. The summed E-state index contributed by atoms with van der Waals surface area (Å²) in [5.74, 6) is 0.830. The Bertz CT molecular complexity index is 1320. The summed E-state index contributed by atoms with van der Waals surface area (Å²) in [6, 6.07) is 12.8. The molecule has 8 heteroatoms. The number of fused-ring (bicyclic) bond motifs is 2. The minimum absolute atomic E-state index is 0.401. The molecule has 2 aliphatic rings. The molecule has 0 radical (unpaired) electrons. The minimum atomic E-state index is 0.401. The first kappa shape index (κ1) is 21.6. The second-order valence-electron chi connectivity index (χ2n) is 9.45. The van der Waals surface area contributed by atoms with Crippen molar-refractivity contribution in [3.8, 4) is 11.4 Å². The summed E-state index contributed by atoms with van der Waals surface area (Å²) in [6.07, 6.45) is 4.09. The average Bonchev–Trinajstić information content (AvgIpc) is 3.29. The van der Waals surface area contributed by atoms with E-state index in [0.29, 0.717) is 11.1 Å². The van der Waals surface area contributed by atoms with Crippen molar-refractivity contribution in [3.63, 3.8) is 0 Å². The van der Waals surface area contributed by atoms with Crippen molar-refractivity contribution in [2.45, 2.75) is 18.9 Å². The van der Waals surface area contributed by atoms with Crippen LogP contribution in [0.1, 0.15) is 12.8 Å². The Morgan fingerprint density at radius 2 is 1.79 bits per heavy atom. The molecule has 2 fully saturated rings. The number of imidazole rings is 1. The normalized spacial score (nSPS) is 18.1. The zero-order chi connectivity index (χ0) is 23.1. The van der Waals surface area contributed by atoms with Crippen LogP contribution in [0.5, 0.6) is 0 Å². The van der Waals surface area contributed by atoms with Crippen molar-refractivity contribution in [1.29, 1.82) is 0 Å². The highest BCUT2D eigenvalue weighted by atomic mass is 35.5. The molecule has 6 rings (SSSR count). The lowest BCUT2D eigenvalue weighted by molar-refractivity contribution is 0.313. The van der Waals surface area contributed by atoms with Gasteiger partial charge in [-0.2, -0.15) is 0 Å². The minimum Gasteiger partial charge on any atom is -0.381 e. The lowest BCUT2D eigenvalue weighted by atomic mass is 10.0. The smallest absolute Gasteiger partial charge is 0.142 e. The largest absolute Gasteiger partial charge is 0.381 e. The van der Waals surface area contributed by atoms with Gasteiger partial charge in [-0.15, -0.1) is 0 Å². The zero-order valence-electron chi connectivity index (χ0n) is 19.4. The highest BCUT2D eigenvalue weighted by molar-refractivity contribution is 6.31. The predicted molar refractivity (Wildman–Crippen MR) is 141 cm³/mol. The number of rotatable bonds is 4. The van der Waals surface area contributed by atoms with Gasteiger partial charge in [-0.3, -0.25) is 4.98 Å². The van der Waals surface area contributed by atoms with Gasteiger partial charge in [0.05, 0.1) is 27.8 Å². The lowest BCUT2D eigenvalue weighted by Crippen LogP contribution is -2.44. The summed E-state index contributed by atoms with van der Waals surface area (Å²) >= 11 is 6.40. The summed E-state index contributed by atoms with van der Waals surface area (Å²) in [7, 11) is 2.18. The molecule has 0 unspecified atom stereocenters. The summed E-state index contributed by atoms with van der Waals surface area (Å²) in [4.78, 5) is 18.1. The number of halogens is 1. The van der Waals surface area contributed by atoms with Crippen LogP contribution in [0, 0.1) is 0 Å². The van der Waals surface area contributed by atoms with Crippen LogP contribution in [0.2, 0.25) is 5.02 Å². The molecule has 4 aromatic rings. The van der Waals surface area contributed by atoms with Crippen molar-refractivity contribution in [1.82, 2.24) is 25.2 Å². The van der Waals surface area contributed by atoms with E-state index < -0.39 is 0 Å². The van der Waals surface area contributed by atoms with Gasteiger partial charge >= 0.3 is 0 Å². The third-order valence-electron chi connectivity index (χ3n) is 7.11. The van der Waals surface area contributed by atoms with Crippen LogP contribution in [0.15, 0.2) is 42.6 Å². The molecule has 0 spiro atoms. The molecule has 176 valence electrons. The number of anilines is 2. The van der Waals surface area contributed by atoms with E-state index in [1.807, 2.05) is 24.4 Å². The van der Waals surface area contributed by atoms with Gasteiger partial charge in [-0.1, -0.05) is 11.6 Å². The van der Waals surface area contributed by atoms with E-state index in [1.54, 1.807) is 0 Å². The SMILES string of the molecule is CN1CCN(c2ccc3nc(-c4cnc5ccc(Cl)cc5c4NC4CCNCC4)[nH]c3c2)CC1. The number of piperazine rings is 1. The van der Waals surface area contributed by atoms with E-state index >= 15 is 0 Å². The number of aromatic amines is 1. The number of piperidine rings is 1. The van der Waals surface area contributed by atoms with E-state index in [0.717, 1.165) is 91.1 Å². The molecule has 34 heavy (non-hydrogen) atoms. The Balaban J connectivity index is 1.41. The molecule has 0 atom stereocenters. The first-order valence-corrected chi connectivity index (χ1v) is 12.5. The van der Waals surface area contributed by atoms with E-state index in [-0.39, 0.29) is 0 Å². The van der Waals surface area contributed by atoms with Gasteiger partial charge in [0, 0.05) is 54.5 Å². The lowest BCUT2D eigenvalue weighted by Gasteiger charge is -2.34. The second kappa shape index (κ2) is 9.06. The number of benzene rings is 2.